The molecule has 2 aliphatic heterocycles. The molecule has 2 fully saturated rings. The summed E-state index contributed by atoms with van der Waals surface area (Å²) in [4.78, 5) is 12.8. The van der Waals surface area contributed by atoms with E-state index in [1.54, 1.807) is 6.07 Å². The number of rotatable bonds is 3. The van der Waals surface area contributed by atoms with Gasteiger partial charge in [-0.1, -0.05) is 0 Å². The smallest absolute Gasteiger partial charge is 0.293 e. The predicted molar refractivity (Wildman–Crippen MR) is 78.3 cm³/mol. The molecule has 0 aromatic heterocycles. The van der Waals surface area contributed by atoms with E-state index in [0.29, 0.717) is 17.5 Å². The molecule has 0 unspecified atom stereocenters. The van der Waals surface area contributed by atoms with E-state index in [1.165, 1.54) is 6.07 Å². The lowest BCUT2D eigenvalue weighted by molar-refractivity contribution is -0.384. The highest BCUT2D eigenvalue weighted by molar-refractivity contribution is 7.90. The van der Waals surface area contributed by atoms with Crippen LogP contribution in [0, 0.1) is 22.0 Å². The standard InChI is InChI=1S/C13H17N3O4S/c1-21(19,20)11-2-3-12(13(4-11)16(17)18)15-7-9-5-14-6-10(9)8-15/h2-4,9-10,14H,5-8H2,1H3/t9-,10+. The Balaban J connectivity index is 1.97. The minimum Gasteiger partial charge on any atom is -0.365 e. The number of sulfone groups is 1. The molecule has 8 heteroatoms. The molecule has 0 spiro atoms. The van der Waals surface area contributed by atoms with Crippen molar-refractivity contribution in [3.63, 3.8) is 0 Å². The minimum absolute atomic E-state index is 0.0148. The molecule has 0 amide bonds. The molecule has 1 N–H and O–H groups in total. The first-order valence-electron chi connectivity index (χ1n) is 6.80. The lowest BCUT2D eigenvalue weighted by atomic mass is 10.0. The highest BCUT2D eigenvalue weighted by Gasteiger charge is 2.38. The maximum atomic E-state index is 11.6. The van der Waals surface area contributed by atoms with Crippen LogP contribution in [0.5, 0.6) is 0 Å². The number of hydrogen-bond acceptors (Lipinski definition) is 6. The van der Waals surface area contributed by atoms with Gasteiger partial charge in [-0.25, -0.2) is 8.42 Å². The summed E-state index contributed by atoms with van der Waals surface area (Å²) in [5.74, 6) is 1.03. The molecule has 21 heavy (non-hydrogen) atoms. The Morgan fingerprint density at radius 3 is 2.43 bits per heavy atom. The van der Waals surface area contributed by atoms with Crippen molar-refractivity contribution >= 4 is 21.2 Å². The van der Waals surface area contributed by atoms with Crippen molar-refractivity contribution in [3.8, 4) is 0 Å². The number of hydrogen-bond donors (Lipinski definition) is 1. The number of benzene rings is 1. The molecule has 3 rings (SSSR count). The second kappa shape index (κ2) is 4.96. The van der Waals surface area contributed by atoms with Crippen molar-refractivity contribution in [2.45, 2.75) is 4.90 Å². The van der Waals surface area contributed by atoms with Crippen LogP contribution in [0.2, 0.25) is 0 Å². The van der Waals surface area contributed by atoms with Gasteiger partial charge in [-0.15, -0.1) is 0 Å². The zero-order chi connectivity index (χ0) is 15.2. The Bertz CT molecular complexity index is 677. The van der Waals surface area contributed by atoms with Crippen LogP contribution < -0.4 is 10.2 Å². The predicted octanol–water partition coefficient (Wildman–Crippen LogP) is 0.654. The highest BCUT2D eigenvalue weighted by atomic mass is 32.2. The van der Waals surface area contributed by atoms with Gasteiger partial charge in [0.25, 0.3) is 5.69 Å². The molecule has 0 bridgehead atoms. The van der Waals surface area contributed by atoms with Crippen LogP contribution in [0.15, 0.2) is 23.1 Å². The maximum Gasteiger partial charge on any atom is 0.293 e. The second-order valence-electron chi connectivity index (χ2n) is 5.76. The van der Waals surface area contributed by atoms with Gasteiger partial charge in [0.1, 0.15) is 5.69 Å². The van der Waals surface area contributed by atoms with Gasteiger partial charge in [-0.3, -0.25) is 10.1 Å². The fourth-order valence-electron chi connectivity index (χ4n) is 3.20. The molecule has 0 saturated carbocycles. The maximum absolute atomic E-state index is 11.6. The van der Waals surface area contributed by atoms with Crippen LogP contribution in [0.3, 0.4) is 0 Å². The number of nitro benzene ring substituents is 1. The largest absolute Gasteiger partial charge is 0.365 e. The lowest BCUT2D eigenvalue weighted by Gasteiger charge is -2.19. The molecule has 2 heterocycles. The summed E-state index contributed by atoms with van der Waals surface area (Å²) in [6.07, 6.45) is 1.05. The molecule has 2 aliphatic rings. The SMILES string of the molecule is CS(=O)(=O)c1ccc(N2C[C@H]3CNC[C@H]3C2)c([N+](=O)[O-])c1. The van der Waals surface area contributed by atoms with Gasteiger partial charge in [-0.05, 0) is 24.0 Å². The first-order valence-corrected chi connectivity index (χ1v) is 8.69. The zero-order valence-electron chi connectivity index (χ0n) is 11.7. The van der Waals surface area contributed by atoms with E-state index >= 15 is 0 Å². The minimum atomic E-state index is -3.45. The Kier molecular flexibility index (Phi) is 3.37. The molecule has 114 valence electrons. The van der Waals surface area contributed by atoms with E-state index in [1.807, 2.05) is 4.90 Å². The van der Waals surface area contributed by atoms with E-state index in [2.05, 4.69) is 5.32 Å². The van der Waals surface area contributed by atoms with Gasteiger partial charge in [0.15, 0.2) is 9.84 Å². The molecule has 0 aliphatic carbocycles. The van der Waals surface area contributed by atoms with Crippen LogP contribution in [0.4, 0.5) is 11.4 Å². The molecule has 2 atom stereocenters. The van der Waals surface area contributed by atoms with Gasteiger partial charge < -0.3 is 10.2 Å². The molecule has 2 saturated heterocycles. The van der Waals surface area contributed by atoms with Gasteiger partial charge >= 0.3 is 0 Å². The van der Waals surface area contributed by atoms with Crippen LogP contribution in [0.25, 0.3) is 0 Å². The molecular weight excluding hydrogens is 294 g/mol. The van der Waals surface area contributed by atoms with Crippen LogP contribution in [-0.4, -0.2) is 45.8 Å². The monoisotopic (exact) mass is 311 g/mol. The summed E-state index contributed by atoms with van der Waals surface area (Å²) in [5, 5.41) is 14.6. The highest BCUT2D eigenvalue weighted by Crippen LogP contribution is 2.36. The van der Waals surface area contributed by atoms with Crippen molar-refractivity contribution in [2.24, 2.45) is 11.8 Å². The number of fused-ring (bicyclic) bond motifs is 1. The van der Waals surface area contributed by atoms with Gasteiger partial charge in [-0.2, -0.15) is 0 Å². The third-order valence-corrected chi connectivity index (χ3v) is 5.41. The summed E-state index contributed by atoms with van der Waals surface area (Å²) in [5.41, 5.74) is 0.382. The number of nitro groups is 1. The summed E-state index contributed by atoms with van der Waals surface area (Å²) in [6, 6.07) is 4.17. The number of nitrogens with one attached hydrogen (secondary N) is 1. The fourth-order valence-corrected chi connectivity index (χ4v) is 3.84. The zero-order valence-corrected chi connectivity index (χ0v) is 12.5. The lowest BCUT2D eigenvalue weighted by Crippen LogP contribution is -2.26. The van der Waals surface area contributed by atoms with Gasteiger partial charge in [0.05, 0.1) is 9.82 Å². The van der Waals surface area contributed by atoms with Gasteiger partial charge in [0, 0.05) is 38.5 Å². The molecule has 1 aromatic carbocycles. The van der Waals surface area contributed by atoms with E-state index in [9.17, 15) is 18.5 Å². The first kappa shape index (κ1) is 14.3. The van der Waals surface area contributed by atoms with E-state index in [-0.39, 0.29) is 10.6 Å². The van der Waals surface area contributed by atoms with Crippen molar-refractivity contribution in [3.05, 3.63) is 28.3 Å². The van der Waals surface area contributed by atoms with Crippen molar-refractivity contribution < 1.29 is 13.3 Å². The van der Waals surface area contributed by atoms with Crippen LogP contribution >= 0.6 is 0 Å². The average molecular weight is 311 g/mol. The molecular formula is C13H17N3O4S. The second-order valence-corrected chi connectivity index (χ2v) is 7.78. The van der Waals surface area contributed by atoms with Gasteiger partial charge in [0.2, 0.25) is 0 Å². The first-order chi connectivity index (χ1) is 9.86. The van der Waals surface area contributed by atoms with E-state index < -0.39 is 14.8 Å². The average Bonchev–Trinajstić information content (AvgIpc) is 2.97. The summed E-state index contributed by atoms with van der Waals surface area (Å²) in [7, 11) is -3.45. The quantitative estimate of drug-likeness (QED) is 0.651. The Labute approximate surface area is 123 Å². The molecule has 0 radical (unpaired) electrons. The molecule has 7 nitrogen and oxygen atoms in total. The van der Waals surface area contributed by atoms with E-state index in [0.717, 1.165) is 38.5 Å². The number of anilines is 1. The van der Waals surface area contributed by atoms with E-state index in [4.69, 9.17) is 0 Å². The van der Waals surface area contributed by atoms with Crippen molar-refractivity contribution in [1.82, 2.24) is 5.32 Å². The van der Waals surface area contributed by atoms with Crippen molar-refractivity contribution in [1.29, 1.82) is 0 Å². The topological polar surface area (TPSA) is 92.6 Å². The van der Waals surface area contributed by atoms with Crippen molar-refractivity contribution in [2.75, 3.05) is 37.3 Å². The summed E-state index contributed by atoms with van der Waals surface area (Å²) >= 11 is 0. The summed E-state index contributed by atoms with van der Waals surface area (Å²) in [6.45, 7) is 3.43. The fraction of sp³-hybridized carbons (Fsp3) is 0.538. The molecule has 1 aromatic rings. The third kappa shape index (κ3) is 2.60. The Morgan fingerprint density at radius 1 is 1.29 bits per heavy atom. The number of nitrogens with zero attached hydrogens (tertiary/aromatic N) is 2. The normalized spacial score (nSPS) is 25.1. The summed E-state index contributed by atoms with van der Waals surface area (Å²) < 4.78 is 23.1. The Morgan fingerprint density at radius 2 is 1.90 bits per heavy atom. The Hall–Kier alpha value is -1.67. The van der Waals surface area contributed by atoms with Crippen LogP contribution in [-0.2, 0) is 9.84 Å². The van der Waals surface area contributed by atoms with Crippen LogP contribution in [0.1, 0.15) is 0 Å². The third-order valence-electron chi connectivity index (χ3n) is 4.30.